The fraction of sp³-hybridized carbons (Fsp3) is 0.588. The lowest BCUT2D eigenvalue weighted by Crippen LogP contribution is -2.44. The molecule has 1 aliphatic heterocycles. The van der Waals surface area contributed by atoms with Crippen molar-refractivity contribution in [2.24, 2.45) is 0 Å². The fourth-order valence-corrected chi connectivity index (χ4v) is 3.72. The molecular weight excluding hydrogens is 284 g/mol. The normalized spacial score (nSPS) is 24.2. The Balaban J connectivity index is 1.88. The minimum absolute atomic E-state index is 0.000540. The first kappa shape index (κ1) is 14.9. The van der Waals surface area contributed by atoms with Crippen molar-refractivity contribution >= 4 is 17.5 Å². The van der Waals surface area contributed by atoms with E-state index in [2.05, 4.69) is 12.2 Å². The summed E-state index contributed by atoms with van der Waals surface area (Å²) in [5.74, 6) is 0.299. The van der Waals surface area contributed by atoms with Crippen molar-refractivity contribution < 1.29 is 4.79 Å². The third kappa shape index (κ3) is 2.69. The van der Waals surface area contributed by atoms with E-state index in [-0.39, 0.29) is 11.7 Å². The van der Waals surface area contributed by atoms with Crippen molar-refractivity contribution in [2.75, 3.05) is 6.54 Å². The number of nitrogens with one attached hydrogen (secondary N) is 1. The molecule has 3 rings (SSSR count). The van der Waals surface area contributed by atoms with Crippen LogP contribution in [0, 0.1) is 0 Å². The minimum Gasteiger partial charge on any atom is -0.321 e. The van der Waals surface area contributed by atoms with Gasteiger partial charge < -0.3 is 4.90 Å². The van der Waals surface area contributed by atoms with Crippen molar-refractivity contribution in [3.63, 3.8) is 0 Å². The SMILES string of the molecule is CCCCN1C(=O)C2(CCCC2)NC1c1ccc(Cl)cc1. The van der Waals surface area contributed by atoms with Crippen LogP contribution in [-0.4, -0.2) is 22.9 Å². The number of halogens is 1. The number of amides is 1. The van der Waals surface area contributed by atoms with Crippen LogP contribution in [0.15, 0.2) is 24.3 Å². The monoisotopic (exact) mass is 306 g/mol. The van der Waals surface area contributed by atoms with Gasteiger partial charge in [-0.25, -0.2) is 0 Å². The number of carbonyl (C=O) groups excluding carboxylic acids is 1. The summed E-state index contributed by atoms with van der Waals surface area (Å²) in [5.41, 5.74) is 0.825. The molecule has 1 aromatic carbocycles. The molecular formula is C17H23ClN2O. The second-order valence-electron chi connectivity index (χ2n) is 6.24. The van der Waals surface area contributed by atoms with Crippen molar-refractivity contribution in [3.05, 3.63) is 34.9 Å². The summed E-state index contributed by atoms with van der Waals surface area (Å²) in [6.45, 7) is 2.99. The zero-order chi connectivity index (χ0) is 14.9. The Morgan fingerprint density at radius 1 is 1.29 bits per heavy atom. The molecule has 1 heterocycles. The quantitative estimate of drug-likeness (QED) is 0.915. The lowest BCUT2D eigenvalue weighted by atomic mass is 9.98. The van der Waals surface area contributed by atoms with Gasteiger partial charge in [0.15, 0.2) is 0 Å². The molecule has 114 valence electrons. The molecule has 1 atom stereocenters. The molecule has 3 nitrogen and oxygen atoms in total. The van der Waals surface area contributed by atoms with Gasteiger partial charge >= 0.3 is 0 Å². The third-order valence-electron chi connectivity index (χ3n) is 4.79. The summed E-state index contributed by atoms with van der Waals surface area (Å²) in [7, 11) is 0. The lowest BCUT2D eigenvalue weighted by Gasteiger charge is -2.24. The zero-order valence-corrected chi connectivity index (χ0v) is 13.3. The van der Waals surface area contributed by atoms with E-state index in [1.165, 1.54) is 0 Å². The Kier molecular flexibility index (Phi) is 4.23. The molecule has 4 heteroatoms. The Morgan fingerprint density at radius 3 is 2.57 bits per heavy atom. The highest BCUT2D eigenvalue weighted by atomic mass is 35.5. The molecule has 1 aromatic rings. The molecule has 1 amide bonds. The lowest BCUT2D eigenvalue weighted by molar-refractivity contribution is -0.133. The number of hydrogen-bond donors (Lipinski definition) is 1. The second-order valence-corrected chi connectivity index (χ2v) is 6.68. The van der Waals surface area contributed by atoms with Gasteiger partial charge in [0.1, 0.15) is 6.17 Å². The maximum absolute atomic E-state index is 12.9. The van der Waals surface area contributed by atoms with Crippen LogP contribution in [0.5, 0.6) is 0 Å². The molecule has 0 bridgehead atoms. The maximum Gasteiger partial charge on any atom is 0.244 e. The van der Waals surface area contributed by atoms with Crippen molar-refractivity contribution in [1.29, 1.82) is 0 Å². The van der Waals surface area contributed by atoms with Gasteiger partial charge in [0.25, 0.3) is 0 Å². The molecule has 0 aromatic heterocycles. The topological polar surface area (TPSA) is 32.3 Å². The number of benzene rings is 1. The zero-order valence-electron chi connectivity index (χ0n) is 12.6. The van der Waals surface area contributed by atoms with Gasteiger partial charge in [-0.15, -0.1) is 0 Å². The summed E-state index contributed by atoms with van der Waals surface area (Å²) in [6, 6.07) is 7.86. The van der Waals surface area contributed by atoms with Gasteiger partial charge in [-0.05, 0) is 37.0 Å². The van der Waals surface area contributed by atoms with Crippen molar-refractivity contribution in [3.8, 4) is 0 Å². The summed E-state index contributed by atoms with van der Waals surface area (Å²) in [5, 5.41) is 4.38. The highest BCUT2D eigenvalue weighted by molar-refractivity contribution is 6.30. The average Bonchev–Trinajstić information content (AvgIpc) is 3.06. The van der Waals surface area contributed by atoms with Crippen LogP contribution in [0.2, 0.25) is 5.02 Å². The van der Waals surface area contributed by atoms with E-state index in [0.29, 0.717) is 5.91 Å². The minimum atomic E-state index is -0.307. The Hall–Kier alpha value is -1.06. The first-order valence-corrected chi connectivity index (χ1v) is 8.38. The first-order valence-electron chi connectivity index (χ1n) is 8.00. The molecule has 1 spiro atoms. The third-order valence-corrected chi connectivity index (χ3v) is 5.04. The van der Waals surface area contributed by atoms with Crippen LogP contribution in [0.25, 0.3) is 0 Å². The number of carbonyl (C=O) groups is 1. The van der Waals surface area contributed by atoms with Crippen molar-refractivity contribution in [2.45, 2.75) is 57.2 Å². The number of unbranched alkanes of at least 4 members (excludes halogenated alkanes) is 1. The molecule has 1 saturated carbocycles. The van der Waals surface area contributed by atoms with E-state index in [1.54, 1.807) is 0 Å². The van der Waals surface area contributed by atoms with E-state index in [1.807, 2.05) is 29.2 Å². The molecule has 2 fully saturated rings. The van der Waals surface area contributed by atoms with Crippen LogP contribution in [0.4, 0.5) is 0 Å². The molecule has 2 aliphatic rings. The molecule has 1 unspecified atom stereocenters. The van der Waals surface area contributed by atoms with Gasteiger partial charge in [-0.3, -0.25) is 10.1 Å². The van der Waals surface area contributed by atoms with Crippen LogP contribution >= 0.6 is 11.6 Å². The Morgan fingerprint density at radius 2 is 1.95 bits per heavy atom. The largest absolute Gasteiger partial charge is 0.321 e. The van der Waals surface area contributed by atoms with Gasteiger partial charge in [0.2, 0.25) is 5.91 Å². The van der Waals surface area contributed by atoms with E-state index >= 15 is 0 Å². The Labute approximate surface area is 131 Å². The predicted molar refractivity (Wildman–Crippen MR) is 85.1 cm³/mol. The predicted octanol–water partition coefficient (Wildman–Crippen LogP) is 3.88. The maximum atomic E-state index is 12.9. The summed E-state index contributed by atoms with van der Waals surface area (Å²) >= 11 is 5.99. The number of rotatable bonds is 4. The molecule has 1 aliphatic carbocycles. The summed E-state index contributed by atoms with van der Waals surface area (Å²) < 4.78 is 0. The second kappa shape index (κ2) is 5.98. The van der Waals surface area contributed by atoms with Gasteiger partial charge in [-0.1, -0.05) is 49.9 Å². The highest BCUT2D eigenvalue weighted by Gasteiger charge is 2.52. The Bertz CT molecular complexity index is 508. The van der Waals surface area contributed by atoms with Crippen LogP contribution < -0.4 is 5.32 Å². The first-order chi connectivity index (χ1) is 10.2. The van der Waals surface area contributed by atoms with E-state index < -0.39 is 0 Å². The van der Waals surface area contributed by atoms with E-state index in [0.717, 1.165) is 55.7 Å². The molecule has 1 N–H and O–H groups in total. The van der Waals surface area contributed by atoms with Crippen molar-refractivity contribution in [1.82, 2.24) is 10.2 Å². The number of nitrogens with zero attached hydrogens (tertiary/aromatic N) is 1. The smallest absolute Gasteiger partial charge is 0.244 e. The standard InChI is InChI=1S/C17H23ClN2O/c1-2-3-12-20-15(13-6-8-14(18)9-7-13)19-17(16(20)21)10-4-5-11-17/h6-9,15,19H,2-5,10-12H2,1H3. The van der Waals surface area contributed by atoms with E-state index in [4.69, 9.17) is 11.6 Å². The van der Waals surface area contributed by atoms with Crippen LogP contribution in [0.3, 0.4) is 0 Å². The average molecular weight is 307 g/mol. The summed E-state index contributed by atoms with van der Waals surface area (Å²) in [6.07, 6.45) is 6.38. The van der Waals surface area contributed by atoms with E-state index in [9.17, 15) is 4.79 Å². The van der Waals surface area contributed by atoms with Gasteiger partial charge in [0, 0.05) is 11.6 Å². The van der Waals surface area contributed by atoms with Gasteiger partial charge in [0.05, 0.1) is 5.54 Å². The van der Waals surface area contributed by atoms with Gasteiger partial charge in [-0.2, -0.15) is 0 Å². The highest BCUT2D eigenvalue weighted by Crippen LogP contribution is 2.41. The fourth-order valence-electron chi connectivity index (χ4n) is 3.60. The molecule has 0 radical (unpaired) electrons. The molecule has 21 heavy (non-hydrogen) atoms. The van der Waals surface area contributed by atoms with Crippen LogP contribution in [-0.2, 0) is 4.79 Å². The molecule has 1 saturated heterocycles. The summed E-state index contributed by atoms with van der Waals surface area (Å²) in [4.78, 5) is 15.0. The van der Waals surface area contributed by atoms with Crippen LogP contribution in [0.1, 0.15) is 57.2 Å². The number of hydrogen-bond acceptors (Lipinski definition) is 2.